The second kappa shape index (κ2) is 7.68. The molecule has 142 valence electrons. The molecule has 4 rings (SSSR count). The van der Waals surface area contributed by atoms with Crippen molar-refractivity contribution in [2.75, 3.05) is 18.0 Å². The van der Waals surface area contributed by atoms with Gasteiger partial charge in [0.05, 0.1) is 5.56 Å². The number of nitrogens with zero attached hydrogens (tertiary/aromatic N) is 2. The summed E-state index contributed by atoms with van der Waals surface area (Å²) in [5.74, 6) is 0.00895. The minimum atomic E-state index is -0.171. The van der Waals surface area contributed by atoms with Crippen LogP contribution in [0.3, 0.4) is 0 Å². The van der Waals surface area contributed by atoms with Gasteiger partial charge in [-0.2, -0.15) is 5.10 Å². The lowest BCUT2D eigenvalue weighted by atomic mass is 10.0. The third-order valence-corrected chi connectivity index (χ3v) is 5.05. The van der Waals surface area contributed by atoms with E-state index in [0.717, 1.165) is 16.9 Å². The number of para-hydroxylation sites is 1. The number of nitrogens with one attached hydrogen (secondary N) is 2. The summed E-state index contributed by atoms with van der Waals surface area (Å²) < 4.78 is 0. The Kier molecular flexibility index (Phi) is 4.93. The van der Waals surface area contributed by atoms with E-state index in [2.05, 4.69) is 15.5 Å². The summed E-state index contributed by atoms with van der Waals surface area (Å²) in [6, 6.07) is 19.3. The van der Waals surface area contributed by atoms with E-state index >= 15 is 0 Å². The van der Waals surface area contributed by atoms with Gasteiger partial charge in [0.2, 0.25) is 5.91 Å². The van der Waals surface area contributed by atoms with Crippen LogP contribution in [0.4, 0.5) is 5.69 Å². The molecule has 0 aliphatic carbocycles. The molecule has 2 amide bonds. The van der Waals surface area contributed by atoms with E-state index in [1.807, 2.05) is 67.6 Å². The molecule has 0 spiro atoms. The summed E-state index contributed by atoms with van der Waals surface area (Å²) in [5.41, 5.74) is 3.71. The van der Waals surface area contributed by atoms with Gasteiger partial charge in [0, 0.05) is 42.4 Å². The SMILES string of the molecule is Cc1[nH]nc(-c2ccccc2)c1C(=O)NCC1CC(=O)N(c2ccccc2)C1. The molecule has 1 atom stereocenters. The Bertz CT molecular complexity index is 982. The smallest absolute Gasteiger partial charge is 0.255 e. The van der Waals surface area contributed by atoms with Gasteiger partial charge in [-0.1, -0.05) is 48.5 Å². The molecule has 1 saturated heterocycles. The van der Waals surface area contributed by atoms with Crippen molar-refractivity contribution in [2.24, 2.45) is 5.92 Å². The fourth-order valence-electron chi connectivity index (χ4n) is 3.61. The zero-order chi connectivity index (χ0) is 19.5. The molecule has 28 heavy (non-hydrogen) atoms. The van der Waals surface area contributed by atoms with Gasteiger partial charge in [0.25, 0.3) is 5.91 Å². The molecule has 1 aliphatic heterocycles. The van der Waals surface area contributed by atoms with E-state index < -0.39 is 0 Å². The van der Waals surface area contributed by atoms with Crippen molar-refractivity contribution in [1.82, 2.24) is 15.5 Å². The van der Waals surface area contributed by atoms with E-state index in [9.17, 15) is 9.59 Å². The minimum Gasteiger partial charge on any atom is -0.352 e. The van der Waals surface area contributed by atoms with E-state index in [-0.39, 0.29) is 17.7 Å². The van der Waals surface area contributed by atoms with Crippen molar-refractivity contribution in [3.05, 3.63) is 71.9 Å². The number of H-pyrrole nitrogens is 1. The Balaban J connectivity index is 1.43. The van der Waals surface area contributed by atoms with E-state index in [4.69, 9.17) is 0 Å². The van der Waals surface area contributed by atoms with Crippen LogP contribution in [0.1, 0.15) is 22.5 Å². The molecule has 2 N–H and O–H groups in total. The first kappa shape index (κ1) is 18.0. The van der Waals surface area contributed by atoms with Gasteiger partial charge < -0.3 is 10.2 Å². The van der Waals surface area contributed by atoms with Gasteiger partial charge in [-0.15, -0.1) is 0 Å². The van der Waals surface area contributed by atoms with Gasteiger partial charge in [0.1, 0.15) is 5.69 Å². The molecule has 1 aromatic heterocycles. The van der Waals surface area contributed by atoms with Crippen LogP contribution in [0.15, 0.2) is 60.7 Å². The van der Waals surface area contributed by atoms with Crippen LogP contribution < -0.4 is 10.2 Å². The van der Waals surface area contributed by atoms with Crippen molar-refractivity contribution >= 4 is 17.5 Å². The van der Waals surface area contributed by atoms with Gasteiger partial charge in [0.15, 0.2) is 0 Å². The number of aromatic nitrogens is 2. The topological polar surface area (TPSA) is 78.1 Å². The van der Waals surface area contributed by atoms with Crippen molar-refractivity contribution in [3.8, 4) is 11.3 Å². The molecule has 1 unspecified atom stereocenters. The lowest BCUT2D eigenvalue weighted by Crippen LogP contribution is -2.31. The van der Waals surface area contributed by atoms with Gasteiger partial charge >= 0.3 is 0 Å². The zero-order valence-electron chi connectivity index (χ0n) is 15.7. The largest absolute Gasteiger partial charge is 0.352 e. The Morgan fingerprint density at radius 1 is 1.14 bits per heavy atom. The summed E-state index contributed by atoms with van der Waals surface area (Å²) in [6.45, 7) is 2.90. The molecule has 6 nitrogen and oxygen atoms in total. The summed E-state index contributed by atoms with van der Waals surface area (Å²) in [5, 5.41) is 10.2. The van der Waals surface area contributed by atoms with Gasteiger partial charge in [-0.25, -0.2) is 0 Å². The Morgan fingerprint density at radius 2 is 1.82 bits per heavy atom. The van der Waals surface area contributed by atoms with Crippen LogP contribution in [0.5, 0.6) is 0 Å². The standard InChI is InChI=1S/C22H22N4O2/c1-15-20(21(25-24-15)17-8-4-2-5-9-17)22(28)23-13-16-12-19(27)26(14-16)18-10-6-3-7-11-18/h2-11,16H,12-14H2,1H3,(H,23,28)(H,24,25). The first-order chi connectivity index (χ1) is 13.6. The highest BCUT2D eigenvalue weighted by molar-refractivity contribution is 6.01. The first-order valence-electron chi connectivity index (χ1n) is 9.37. The Hall–Kier alpha value is -3.41. The second-order valence-electron chi connectivity index (χ2n) is 7.06. The summed E-state index contributed by atoms with van der Waals surface area (Å²) in [4.78, 5) is 27.0. The number of carbonyl (C=O) groups excluding carboxylic acids is 2. The Morgan fingerprint density at radius 3 is 2.54 bits per heavy atom. The zero-order valence-corrected chi connectivity index (χ0v) is 15.7. The fraction of sp³-hybridized carbons (Fsp3) is 0.227. The van der Waals surface area contributed by atoms with Crippen LogP contribution in [-0.2, 0) is 4.79 Å². The highest BCUT2D eigenvalue weighted by Gasteiger charge is 2.31. The lowest BCUT2D eigenvalue weighted by Gasteiger charge is -2.17. The second-order valence-corrected chi connectivity index (χ2v) is 7.06. The highest BCUT2D eigenvalue weighted by atomic mass is 16.2. The molecule has 0 radical (unpaired) electrons. The number of carbonyl (C=O) groups is 2. The van der Waals surface area contributed by atoms with Crippen molar-refractivity contribution in [3.63, 3.8) is 0 Å². The maximum Gasteiger partial charge on any atom is 0.255 e. The predicted molar refractivity (Wildman–Crippen MR) is 108 cm³/mol. The molecular weight excluding hydrogens is 352 g/mol. The van der Waals surface area contributed by atoms with E-state index in [1.54, 1.807) is 4.90 Å². The Labute approximate surface area is 163 Å². The lowest BCUT2D eigenvalue weighted by molar-refractivity contribution is -0.117. The maximum atomic E-state index is 12.8. The van der Waals surface area contributed by atoms with E-state index in [1.165, 1.54) is 0 Å². The van der Waals surface area contributed by atoms with Crippen LogP contribution in [0.2, 0.25) is 0 Å². The minimum absolute atomic E-state index is 0.0871. The molecule has 1 aliphatic rings. The molecule has 0 saturated carbocycles. The molecule has 3 aromatic rings. The monoisotopic (exact) mass is 374 g/mol. The number of anilines is 1. The number of aryl methyl sites for hydroxylation is 1. The number of aromatic amines is 1. The van der Waals surface area contributed by atoms with Crippen molar-refractivity contribution < 1.29 is 9.59 Å². The summed E-state index contributed by atoms with van der Waals surface area (Å²) in [7, 11) is 0. The van der Waals surface area contributed by atoms with Crippen LogP contribution in [-0.4, -0.2) is 35.1 Å². The fourth-order valence-corrected chi connectivity index (χ4v) is 3.61. The van der Waals surface area contributed by atoms with Crippen LogP contribution >= 0.6 is 0 Å². The van der Waals surface area contributed by atoms with Crippen molar-refractivity contribution in [1.29, 1.82) is 0 Å². The summed E-state index contributed by atoms with van der Waals surface area (Å²) >= 11 is 0. The average Bonchev–Trinajstić information content (AvgIpc) is 3.30. The third-order valence-electron chi connectivity index (χ3n) is 5.05. The van der Waals surface area contributed by atoms with Gasteiger partial charge in [-0.3, -0.25) is 14.7 Å². The van der Waals surface area contributed by atoms with Crippen molar-refractivity contribution in [2.45, 2.75) is 13.3 Å². The molecule has 2 aromatic carbocycles. The molecule has 1 fully saturated rings. The molecule has 6 heteroatoms. The van der Waals surface area contributed by atoms with Crippen LogP contribution in [0.25, 0.3) is 11.3 Å². The molecule has 2 heterocycles. The number of hydrogen-bond acceptors (Lipinski definition) is 3. The number of amides is 2. The quantitative estimate of drug-likeness (QED) is 0.720. The molecular formula is C22H22N4O2. The number of benzene rings is 2. The number of rotatable bonds is 5. The summed E-state index contributed by atoms with van der Waals surface area (Å²) in [6.07, 6.45) is 0.436. The van der Waals surface area contributed by atoms with Gasteiger partial charge in [-0.05, 0) is 19.1 Å². The molecule has 0 bridgehead atoms. The van der Waals surface area contributed by atoms with Crippen LogP contribution in [0, 0.1) is 12.8 Å². The maximum absolute atomic E-state index is 12.8. The third kappa shape index (κ3) is 3.53. The number of hydrogen-bond donors (Lipinski definition) is 2. The highest BCUT2D eigenvalue weighted by Crippen LogP contribution is 2.26. The van der Waals surface area contributed by atoms with E-state index in [0.29, 0.717) is 30.8 Å². The normalized spacial score (nSPS) is 16.4. The first-order valence-corrected chi connectivity index (χ1v) is 9.37. The average molecular weight is 374 g/mol. The predicted octanol–water partition coefficient (Wildman–Crippen LogP) is 3.17.